The van der Waals surface area contributed by atoms with Crippen molar-refractivity contribution in [2.45, 2.75) is 26.6 Å². The van der Waals surface area contributed by atoms with Crippen LogP contribution in [0.1, 0.15) is 16.3 Å². The van der Waals surface area contributed by atoms with Gasteiger partial charge in [0.2, 0.25) is 5.95 Å². The Kier molecular flexibility index (Phi) is 4.71. The number of anilines is 1. The lowest BCUT2D eigenvalue weighted by molar-refractivity contribution is 0.227. The summed E-state index contributed by atoms with van der Waals surface area (Å²) in [7, 11) is 0. The number of hydrogen-bond donors (Lipinski definition) is 1. The van der Waals surface area contributed by atoms with E-state index in [1.807, 2.05) is 17.8 Å². The number of aromatic nitrogens is 5. The van der Waals surface area contributed by atoms with Crippen LogP contribution in [0.4, 0.5) is 5.95 Å². The van der Waals surface area contributed by atoms with E-state index in [-0.39, 0.29) is 0 Å². The van der Waals surface area contributed by atoms with E-state index >= 15 is 0 Å². The first-order chi connectivity index (χ1) is 12.3. The minimum absolute atomic E-state index is 0.429. The number of nitrogens with one attached hydrogen (secondary N) is 1. The van der Waals surface area contributed by atoms with Gasteiger partial charge in [0.1, 0.15) is 0 Å². The minimum Gasteiger partial charge on any atom is -0.354 e. The molecule has 0 spiro atoms. The highest BCUT2D eigenvalue weighted by atomic mass is 32.1. The first-order valence-corrected chi connectivity index (χ1v) is 9.29. The first-order valence-electron chi connectivity index (χ1n) is 8.41. The van der Waals surface area contributed by atoms with Gasteiger partial charge < -0.3 is 5.32 Å². The third-order valence-electron chi connectivity index (χ3n) is 4.46. The molecule has 3 aromatic heterocycles. The average Bonchev–Trinajstić information content (AvgIpc) is 3.19. The normalized spacial score (nSPS) is 17.9. The highest BCUT2D eigenvalue weighted by Gasteiger charge is 2.23. The molecule has 0 saturated heterocycles. The van der Waals surface area contributed by atoms with E-state index in [9.17, 15) is 0 Å². The fourth-order valence-corrected chi connectivity index (χ4v) is 3.99. The van der Waals surface area contributed by atoms with Gasteiger partial charge in [0.15, 0.2) is 0 Å². The summed E-state index contributed by atoms with van der Waals surface area (Å²) in [5.74, 6) is 1.11. The molecule has 1 N–H and O–H groups in total. The van der Waals surface area contributed by atoms with Crippen LogP contribution in [0.15, 0.2) is 36.2 Å². The lowest BCUT2D eigenvalue weighted by atomic mass is 10.1. The molecule has 7 nitrogen and oxygen atoms in total. The summed E-state index contributed by atoms with van der Waals surface area (Å²) in [5, 5.41) is 7.85. The molecule has 8 heteroatoms. The third kappa shape index (κ3) is 3.85. The van der Waals surface area contributed by atoms with Crippen LogP contribution in [-0.4, -0.2) is 42.7 Å². The van der Waals surface area contributed by atoms with Crippen LogP contribution in [0.5, 0.6) is 0 Å². The third-order valence-corrected chi connectivity index (χ3v) is 5.38. The van der Waals surface area contributed by atoms with Crippen molar-refractivity contribution in [3.63, 3.8) is 0 Å². The van der Waals surface area contributed by atoms with Gasteiger partial charge >= 0.3 is 0 Å². The molecular weight excluding hydrogens is 334 g/mol. The predicted molar refractivity (Wildman–Crippen MR) is 97.2 cm³/mol. The topological polar surface area (TPSA) is 71.8 Å². The summed E-state index contributed by atoms with van der Waals surface area (Å²) in [5.41, 5.74) is 4.33. The van der Waals surface area contributed by atoms with Crippen LogP contribution >= 0.6 is 11.3 Å². The molecule has 25 heavy (non-hydrogen) atoms. The number of fused-ring (bicyclic) bond motifs is 1. The Labute approximate surface area is 150 Å². The molecule has 130 valence electrons. The Morgan fingerprint density at radius 2 is 2.08 bits per heavy atom. The standard InChI is InChI=1S/C17H21N7S/c1-13-16(25-12-21-13)11-23-8-14(7-20-17-18-4-2-5-19-17)9-24-15(10-23)3-6-22-24/h2-6,12,14H,7-11H2,1H3,(H,18,19,20). The van der Waals surface area contributed by atoms with Crippen LogP contribution in [0.2, 0.25) is 0 Å². The van der Waals surface area contributed by atoms with Gasteiger partial charge in [0.25, 0.3) is 0 Å². The number of rotatable bonds is 5. The van der Waals surface area contributed by atoms with E-state index in [0.29, 0.717) is 11.9 Å². The molecule has 0 bridgehead atoms. The van der Waals surface area contributed by atoms with Crippen molar-refractivity contribution in [3.8, 4) is 0 Å². The number of aryl methyl sites for hydroxylation is 1. The van der Waals surface area contributed by atoms with Crippen LogP contribution in [0.3, 0.4) is 0 Å². The van der Waals surface area contributed by atoms with Gasteiger partial charge in [-0.15, -0.1) is 11.3 Å². The summed E-state index contributed by atoms with van der Waals surface area (Å²) in [4.78, 5) is 16.7. The zero-order chi connectivity index (χ0) is 17.1. The Morgan fingerprint density at radius 1 is 1.20 bits per heavy atom. The zero-order valence-corrected chi connectivity index (χ0v) is 15.0. The average molecular weight is 355 g/mol. The van der Waals surface area contributed by atoms with Crippen molar-refractivity contribution < 1.29 is 0 Å². The highest BCUT2D eigenvalue weighted by Crippen LogP contribution is 2.21. The Morgan fingerprint density at radius 3 is 2.88 bits per heavy atom. The van der Waals surface area contributed by atoms with Crippen molar-refractivity contribution in [1.29, 1.82) is 0 Å². The fourth-order valence-electron chi connectivity index (χ4n) is 3.18. The quantitative estimate of drug-likeness (QED) is 0.756. The van der Waals surface area contributed by atoms with E-state index in [1.165, 1.54) is 10.6 Å². The molecule has 0 aliphatic carbocycles. The second-order valence-electron chi connectivity index (χ2n) is 6.35. The monoisotopic (exact) mass is 355 g/mol. The van der Waals surface area contributed by atoms with Crippen molar-refractivity contribution >= 4 is 17.3 Å². The molecule has 1 unspecified atom stereocenters. The molecule has 0 aromatic carbocycles. The summed E-state index contributed by atoms with van der Waals surface area (Å²) in [6, 6.07) is 3.94. The minimum atomic E-state index is 0.429. The van der Waals surface area contributed by atoms with Crippen molar-refractivity contribution in [2.24, 2.45) is 5.92 Å². The van der Waals surface area contributed by atoms with Gasteiger partial charge in [-0.05, 0) is 19.1 Å². The molecular formula is C17H21N7S. The molecule has 1 aliphatic heterocycles. The summed E-state index contributed by atoms with van der Waals surface area (Å²) in [6.07, 6.45) is 5.40. The summed E-state index contributed by atoms with van der Waals surface area (Å²) in [6.45, 7) is 6.65. The first kappa shape index (κ1) is 16.2. The lowest BCUT2D eigenvalue weighted by Crippen LogP contribution is -2.31. The van der Waals surface area contributed by atoms with Crippen LogP contribution in [0.25, 0.3) is 0 Å². The van der Waals surface area contributed by atoms with Crippen LogP contribution in [0, 0.1) is 12.8 Å². The van der Waals surface area contributed by atoms with E-state index in [1.54, 1.807) is 23.7 Å². The van der Waals surface area contributed by atoms with Gasteiger partial charge in [-0.3, -0.25) is 9.58 Å². The molecule has 0 fully saturated rings. The second kappa shape index (κ2) is 7.28. The number of nitrogens with zero attached hydrogens (tertiary/aromatic N) is 6. The largest absolute Gasteiger partial charge is 0.354 e. The predicted octanol–water partition coefficient (Wildman–Crippen LogP) is 2.18. The lowest BCUT2D eigenvalue weighted by Gasteiger charge is -2.23. The Balaban J connectivity index is 1.48. The number of hydrogen-bond acceptors (Lipinski definition) is 7. The Bertz CT molecular complexity index is 813. The maximum atomic E-state index is 4.49. The van der Waals surface area contributed by atoms with Crippen molar-refractivity contribution in [1.82, 2.24) is 29.6 Å². The van der Waals surface area contributed by atoms with E-state index < -0.39 is 0 Å². The maximum absolute atomic E-state index is 4.49. The van der Waals surface area contributed by atoms with Crippen molar-refractivity contribution in [3.05, 3.63) is 52.5 Å². The maximum Gasteiger partial charge on any atom is 0.222 e. The van der Waals surface area contributed by atoms with Crippen molar-refractivity contribution in [2.75, 3.05) is 18.4 Å². The van der Waals surface area contributed by atoms with Gasteiger partial charge in [-0.1, -0.05) is 0 Å². The molecule has 1 aliphatic rings. The number of thiazole rings is 1. The van der Waals surface area contributed by atoms with Gasteiger partial charge in [-0.2, -0.15) is 5.10 Å². The molecule has 0 radical (unpaired) electrons. The van der Waals surface area contributed by atoms with Gasteiger partial charge in [0, 0.05) is 62.1 Å². The smallest absolute Gasteiger partial charge is 0.222 e. The van der Waals surface area contributed by atoms with Crippen LogP contribution < -0.4 is 5.32 Å². The Hall–Kier alpha value is -2.32. The van der Waals surface area contributed by atoms with E-state index in [4.69, 9.17) is 0 Å². The van der Waals surface area contributed by atoms with Crippen LogP contribution in [-0.2, 0) is 19.6 Å². The van der Waals surface area contributed by atoms with E-state index in [0.717, 1.165) is 38.4 Å². The van der Waals surface area contributed by atoms with Gasteiger partial charge in [0.05, 0.1) is 16.9 Å². The second-order valence-corrected chi connectivity index (χ2v) is 7.29. The summed E-state index contributed by atoms with van der Waals surface area (Å²) < 4.78 is 2.12. The zero-order valence-electron chi connectivity index (χ0n) is 14.2. The molecule has 0 amide bonds. The van der Waals surface area contributed by atoms with Gasteiger partial charge in [-0.25, -0.2) is 15.0 Å². The molecule has 1 atom stereocenters. The SMILES string of the molecule is Cc1ncsc1CN1Cc2ccnn2CC(CNc2ncccn2)C1. The van der Waals surface area contributed by atoms with E-state index in [2.05, 4.69) is 47.9 Å². The molecule has 3 aromatic rings. The highest BCUT2D eigenvalue weighted by molar-refractivity contribution is 7.09. The molecule has 4 rings (SSSR count). The molecule has 4 heterocycles. The fraction of sp³-hybridized carbons (Fsp3) is 0.412. The molecule has 0 saturated carbocycles. The summed E-state index contributed by atoms with van der Waals surface area (Å²) >= 11 is 1.73.